The number of aryl methyl sites for hydroxylation is 2. The molecule has 0 saturated heterocycles. The minimum atomic E-state index is 0.216. The lowest BCUT2D eigenvalue weighted by Gasteiger charge is -2.16. The molecule has 1 heterocycles. The fraction of sp³-hybridized carbons (Fsp3) is 0.150. The van der Waals surface area contributed by atoms with Crippen molar-refractivity contribution in [3.05, 3.63) is 101 Å². The Morgan fingerprint density at radius 2 is 1.43 bits per heavy atom. The lowest BCUT2D eigenvalue weighted by Crippen LogP contribution is -2.40. The van der Waals surface area contributed by atoms with Crippen LogP contribution in [0.4, 0.5) is 0 Å². The van der Waals surface area contributed by atoms with Crippen molar-refractivity contribution < 1.29 is 4.57 Å². The number of hydrogen-bond acceptors (Lipinski definition) is 0. The molecule has 1 aromatic heterocycles. The minimum absolute atomic E-state index is 0.216. The van der Waals surface area contributed by atoms with Crippen molar-refractivity contribution in [3.63, 3.8) is 0 Å². The maximum atomic E-state index is 2.27. The van der Waals surface area contributed by atoms with Crippen molar-refractivity contribution in [2.75, 3.05) is 0 Å². The second-order valence-electron chi connectivity index (χ2n) is 5.50. The molecule has 0 spiro atoms. The van der Waals surface area contributed by atoms with Crippen LogP contribution >= 0.6 is 0 Å². The van der Waals surface area contributed by atoms with E-state index in [2.05, 4.69) is 97.5 Å². The van der Waals surface area contributed by atoms with E-state index in [0.29, 0.717) is 0 Å². The van der Waals surface area contributed by atoms with E-state index >= 15 is 0 Å². The van der Waals surface area contributed by atoms with Gasteiger partial charge in [0.1, 0.15) is 0 Å². The van der Waals surface area contributed by atoms with Gasteiger partial charge in [0.05, 0.1) is 0 Å². The first-order chi connectivity index (χ1) is 10.3. The van der Waals surface area contributed by atoms with Crippen LogP contribution in [0.25, 0.3) is 0 Å². The highest BCUT2D eigenvalue weighted by atomic mass is 15.0. The van der Waals surface area contributed by atoms with E-state index < -0.39 is 0 Å². The summed E-state index contributed by atoms with van der Waals surface area (Å²) in [6.45, 7) is 4.34. The minimum Gasteiger partial charge on any atom is -0.194 e. The molecule has 0 aliphatic heterocycles. The summed E-state index contributed by atoms with van der Waals surface area (Å²) in [5.74, 6) is 0. The van der Waals surface area contributed by atoms with Crippen LogP contribution in [0.1, 0.15) is 28.3 Å². The molecule has 0 bridgehead atoms. The van der Waals surface area contributed by atoms with Crippen molar-refractivity contribution >= 4 is 0 Å². The van der Waals surface area contributed by atoms with E-state index in [0.717, 1.165) is 0 Å². The molecule has 0 aliphatic carbocycles. The smallest absolute Gasteiger partial charge is 0.194 e. The lowest BCUT2D eigenvalue weighted by molar-refractivity contribution is -0.704. The number of nitrogens with zero attached hydrogens (tertiary/aromatic N) is 1. The van der Waals surface area contributed by atoms with Gasteiger partial charge in [-0.15, -0.1) is 0 Å². The Balaban J connectivity index is 2.17. The largest absolute Gasteiger partial charge is 0.209 e. The third kappa shape index (κ3) is 2.87. The molecule has 0 amide bonds. The molecule has 3 aromatic rings. The van der Waals surface area contributed by atoms with Gasteiger partial charge in [0.25, 0.3) is 0 Å². The first kappa shape index (κ1) is 13.6. The quantitative estimate of drug-likeness (QED) is 0.629. The van der Waals surface area contributed by atoms with Crippen LogP contribution in [0.15, 0.2) is 79.1 Å². The zero-order chi connectivity index (χ0) is 14.7. The highest BCUT2D eigenvalue weighted by molar-refractivity contribution is 5.37. The first-order valence-electron chi connectivity index (χ1n) is 7.33. The molecule has 1 unspecified atom stereocenters. The second kappa shape index (κ2) is 5.92. The number of pyridine rings is 1. The topological polar surface area (TPSA) is 3.88 Å². The molecule has 0 aliphatic rings. The summed E-state index contributed by atoms with van der Waals surface area (Å²) in [7, 11) is 0. The van der Waals surface area contributed by atoms with Crippen molar-refractivity contribution in [3.8, 4) is 0 Å². The molecule has 1 nitrogen and oxygen atoms in total. The molecular formula is C20H20N+. The number of benzene rings is 2. The normalized spacial score (nSPS) is 12.1. The molecular weight excluding hydrogens is 254 g/mol. The number of hydrogen-bond donors (Lipinski definition) is 0. The third-order valence-corrected chi connectivity index (χ3v) is 3.87. The van der Waals surface area contributed by atoms with Crippen LogP contribution in [0.3, 0.4) is 0 Å². The summed E-state index contributed by atoms with van der Waals surface area (Å²) in [5, 5.41) is 0. The van der Waals surface area contributed by atoms with Gasteiger partial charge in [-0.1, -0.05) is 60.2 Å². The maximum Gasteiger partial charge on any atom is 0.209 e. The van der Waals surface area contributed by atoms with Crippen LogP contribution in [0, 0.1) is 13.8 Å². The number of aromatic nitrogens is 1. The van der Waals surface area contributed by atoms with Crippen LogP contribution in [-0.2, 0) is 0 Å². The second-order valence-corrected chi connectivity index (χ2v) is 5.50. The average Bonchev–Trinajstić information content (AvgIpc) is 2.52. The van der Waals surface area contributed by atoms with Crippen molar-refractivity contribution in [1.29, 1.82) is 0 Å². The van der Waals surface area contributed by atoms with Gasteiger partial charge in [-0.3, -0.25) is 0 Å². The standard InChI is InChI=1S/C20H20N/c1-16-11-12-19(17(2)15-16)20(18-9-5-3-6-10-18)21-13-7-4-8-14-21/h3-15,20H,1-2H3/q+1. The van der Waals surface area contributed by atoms with Gasteiger partial charge in [0.2, 0.25) is 6.04 Å². The summed E-state index contributed by atoms with van der Waals surface area (Å²) in [5.41, 5.74) is 5.30. The molecule has 0 saturated carbocycles. The molecule has 0 N–H and O–H groups in total. The molecule has 2 aromatic carbocycles. The van der Waals surface area contributed by atoms with Gasteiger partial charge in [-0.2, -0.15) is 4.57 Å². The lowest BCUT2D eigenvalue weighted by atomic mass is 9.93. The Morgan fingerprint density at radius 3 is 2.10 bits per heavy atom. The van der Waals surface area contributed by atoms with Gasteiger partial charge in [0, 0.05) is 23.3 Å². The predicted octanol–water partition coefficient (Wildman–Crippen LogP) is 4.23. The van der Waals surface area contributed by atoms with Crippen LogP contribution in [-0.4, -0.2) is 0 Å². The zero-order valence-electron chi connectivity index (χ0n) is 12.5. The van der Waals surface area contributed by atoms with Crippen molar-refractivity contribution in [2.24, 2.45) is 0 Å². The summed E-state index contributed by atoms with van der Waals surface area (Å²) < 4.78 is 2.27. The van der Waals surface area contributed by atoms with Crippen molar-refractivity contribution in [1.82, 2.24) is 0 Å². The Kier molecular flexibility index (Phi) is 3.83. The van der Waals surface area contributed by atoms with Gasteiger partial charge < -0.3 is 0 Å². The zero-order valence-corrected chi connectivity index (χ0v) is 12.5. The van der Waals surface area contributed by atoms with E-state index in [1.165, 1.54) is 22.3 Å². The summed E-state index contributed by atoms with van der Waals surface area (Å²) >= 11 is 0. The van der Waals surface area contributed by atoms with Gasteiger partial charge >= 0.3 is 0 Å². The van der Waals surface area contributed by atoms with Gasteiger partial charge in [-0.05, 0) is 19.4 Å². The van der Waals surface area contributed by atoms with E-state index in [4.69, 9.17) is 0 Å². The summed E-state index contributed by atoms with van der Waals surface area (Å²) in [6, 6.07) is 23.8. The Hall–Kier alpha value is -2.41. The monoisotopic (exact) mass is 274 g/mol. The Bertz CT molecular complexity index is 678. The maximum absolute atomic E-state index is 2.27. The van der Waals surface area contributed by atoms with Crippen LogP contribution in [0.5, 0.6) is 0 Å². The highest BCUT2D eigenvalue weighted by Gasteiger charge is 2.24. The fourth-order valence-electron chi connectivity index (χ4n) is 2.86. The highest BCUT2D eigenvalue weighted by Crippen LogP contribution is 2.25. The predicted molar refractivity (Wildman–Crippen MR) is 86.2 cm³/mol. The number of rotatable bonds is 3. The summed E-state index contributed by atoms with van der Waals surface area (Å²) in [4.78, 5) is 0. The molecule has 3 rings (SSSR count). The Labute approximate surface area is 126 Å². The van der Waals surface area contributed by atoms with Crippen LogP contribution in [0.2, 0.25) is 0 Å². The molecule has 1 atom stereocenters. The molecule has 0 fully saturated rings. The molecule has 0 radical (unpaired) electrons. The summed E-state index contributed by atoms with van der Waals surface area (Å²) in [6.07, 6.45) is 4.27. The van der Waals surface area contributed by atoms with E-state index in [-0.39, 0.29) is 6.04 Å². The molecule has 21 heavy (non-hydrogen) atoms. The fourth-order valence-corrected chi connectivity index (χ4v) is 2.86. The van der Waals surface area contributed by atoms with E-state index in [9.17, 15) is 0 Å². The molecule has 1 heteroatoms. The van der Waals surface area contributed by atoms with Gasteiger partial charge in [-0.25, -0.2) is 0 Å². The van der Waals surface area contributed by atoms with E-state index in [1.54, 1.807) is 0 Å². The van der Waals surface area contributed by atoms with Crippen molar-refractivity contribution in [2.45, 2.75) is 19.9 Å². The van der Waals surface area contributed by atoms with Crippen LogP contribution < -0.4 is 4.57 Å². The third-order valence-electron chi connectivity index (χ3n) is 3.87. The SMILES string of the molecule is Cc1ccc(C(c2ccccc2)[n+]2ccccc2)c(C)c1. The van der Waals surface area contributed by atoms with Gasteiger partial charge in [0.15, 0.2) is 12.4 Å². The molecule has 104 valence electrons. The van der Waals surface area contributed by atoms with E-state index in [1.807, 2.05) is 0 Å². The average molecular weight is 274 g/mol. The first-order valence-corrected chi connectivity index (χ1v) is 7.33. The Morgan fingerprint density at radius 1 is 0.762 bits per heavy atom.